The molecule has 0 radical (unpaired) electrons. The fourth-order valence-electron chi connectivity index (χ4n) is 0.663. The Kier molecular flexibility index (Phi) is 1.73. The van der Waals surface area contributed by atoms with E-state index >= 15 is 0 Å². The second kappa shape index (κ2) is 2.35. The van der Waals surface area contributed by atoms with Crippen molar-refractivity contribution in [2.45, 2.75) is 13.3 Å². The van der Waals surface area contributed by atoms with Gasteiger partial charge >= 0.3 is 0 Å². The van der Waals surface area contributed by atoms with E-state index in [1.54, 1.807) is 18.7 Å². The minimum atomic E-state index is 0.215. The summed E-state index contributed by atoms with van der Waals surface area (Å²) in [6.45, 7) is 1.62. The summed E-state index contributed by atoms with van der Waals surface area (Å²) in [4.78, 5) is 11.5. The number of Topliss-reactive ketones (excluding diaryl/α,β-unsaturated/α-hetero) is 1. The van der Waals surface area contributed by atoms with Gasteiger partial charge in [-0.2, -0.15) is 0 Å². The quantitative estimate of drug-likeness (QED) is 0.533. The topological polar surface area (TPSA) is 17.1 Å². The molecule has 0 fully saturated rings. The monoisotopic (exact) mass is 128 g/mol. The van der Waals surface area contributed by atoms with Crippen LogP contribution in [0.1, 0.15) is 13.3 Å². The van der Waals surface area contributed by atoms with Crippen LogP contribution in [0.5, 0.6) is 0 Å². The molecule has 1 rings (SSSR count). The first-order chi connectivity index (χ1) is 3.80. The Balaban J connectivity index is 2.57. The van der Waals surface area contributed by atoms with Gasteiger partial charge in [0.25, 0.3) is 0 Å². The zero-order valence-electron chi connectivity index (χ0n) is 4.81. The van der Waals surface area contributed by atoms with Crippen LogP contribution in [0, 0.1) is 0 Å². The molecular weight excluding hydrogens is 120 g/mol. The van der Waals surface area contributed by atoms with Gasteiger partial charge in [-0.3, -0.25) is 4.79 Å². The summed E-state index contributed by atoms with van der Waals surface area (Å²) in [6, 6.07) is 0. The van der Waals surface area contributed by atoms with E-state index in [-0.39, 0.29) is 5.78 Å². The van der Waals surface area contributed by atoms with Crippen molar-refractivity contribution < 1.29 is 4.79 Å². The molecule has 1 aliphatic heterocycles. The summed E-state index contributed by atoms with van der Waals surface area (Å²) in [5.74, 6) is 1.31. The van der Waals surface area contributed by atoms with Crippen LogP contribution in [0.2, 0.25) is 0 Å². The number of ketones is 1. The highest BCUT2D eigenvalue weighted by molar-refractivity contribution is 8.04. The summed E-state index contributed by atoms with van der Waals surface area (Å²) in [5.41, 5.74) is 0. The van der Waals surface area contributed by atoms with Crippen molar-refractivity contribution >= 4 is 17.5 Å². The van der Waals surface area contributed by atoms with Crippen LogP contribution in [0.3, 0.4) is 0 Å². The van der Waals surface area contributed by atoms with Crippen molar-refractivity contribution in [2.75, 3.05) is 5.75 Å². The van der Waals surface area contributed by atoms with E-state index in [1.165, 1.54) is 0 Å². The Bertz CT molecular complexity index is 137. The number of hydrogen-bond acceptors (Lipinski definition) is 2. The van der Waals surface area contributed by atoms with E-state index in [0.717, 1.165) is 17.1 Å². The second-order valence-corrected chi connectivity index (χ2v) is 2.90. The van der Waals surface area contributed by atoms with Crippen LogP contribution in [0.15, 0.2) is 11.0 Å². The Morgan fingerprint density at radius 1 is 1.88 bits per heavy atom. The lowest BCUT2D eigenvalue weighted by atomic mass is 10.3. The molecule has 0 saturated heterocycles. The zero-order valence-corrected chi connectivity index (χ0v) is 5.62. The van der Waals surface area contributed by atoms with E-state index < -0.39 is 0 Å². The van der Waals surface area contributed by atoms with Gasteiger partial charge in [0.15, 0.2) is 5.78 Å². The molecule has 0 atom stereocenters. The molecular formula is C6H8OS. The third-order valence-electron chi connectivity index (χ3n) is 1.05. The lowest BCUT2D eigenvalue weighted by Crippen LogP contribution is -1.87. The average molecular weight is 128 g/mol. The Morgan fingerprint density at radius 3 is 2.88 bits per heavy atom. The van der Waals surface area contributed by atoms with Crippen LogP contribution < -0.4 is 0 Å². The van der Waals surface area contributed by atoms with Crippen LogP contribution in [-0.2, 0) is 4.79 Å². The van der Waals surface area contributed by atoms with Crippen molar-refractivity contribution in [3.63, 3.8) is 0 Å². The van der Waals surface area contributed by atoms with Gasteiger partial charge < -0.3 is 0 Å². The molecule has 0 aromatic rings. The highest BCUT2D eigenvalue weighted by Gasteiger charge is 2.07. The molecule has 0 bridgehead atoms. The lowest BCUT2D eigenvalue weighted by Gasteiger charge is -1.88. The number of allylic oxidation sites excluding steroid dienone is 2. The van der Waals surface area contributed by atoms with Crippen LogP contribution >= 0.6 is 11.8 Å². The van der Waals surface area contributed by atoms with E-state index in [2.05, 4.69) is 0 Å². The number of hydrogen-bond donors (Lipinski definition) is 0. The predicted molar refractivity (Wildman–Crippen MR) is 35.8 cm³/mol. The molecule has 0 spiro atoms. The fraction of sp³-hybridized carbons (Fsp3) is 0.500. The standard InChI is InChI=1S/C6H8OS/c1-5(7)6-3-2-4-8-6/h3H,2,4H2,1H3. The highest BCUT2D eigenvalue weighted by Crippen LogP contribution is 2.24. The third-order valence-corrected chi connectivity index (χ3v) is 2.26. The summed E-state index contributed by atoms with van der Waals surface area (Å²) < 4.78 is 0. The third kappa shape index (κ3) is 1.13. The largest absolute Gasteiger partial charge is 0.294 e. The van der Waals surface area contributed by atoms with Gasteiger partial charge in [0.1, 0.15) is 0 Å². The smallest absolute Gasteiger partial charge is 0.165 e. The predicted octanol–water partition coefficient (Wildman–Crippen LogP) is 1.60. The average Bonchev–Trinajstić information content (AvgIpc) is 2.12. The summed E-state index contributed by atoms with van der Waals surface area (Å²) in [5, 5.41) is 0. The van der Waals surface area contributed by atoms with Crippen LogP contribution in [0.25, 0.3) is 0 Å². The first-order valence-electron chi connectivity index (χ1n) is 2.64. The molecule has 0 amide bonds. The molecule has 1 heterocycles. The molecule has 0 saturated carbocycles. The molecule has 0 aliphatic carbocycles. The molecule has 0 aromatic carbocycles. The van der Waals surface area contributed by atoms with Gasteiger partial charge in [0.2, 0.25) is 0 Å². The van der Waals surface area contributed by atoms with Gasteiger partial charge in [0, 0.05) is 10.7 Å². The van der Waals surface area contributed by atoms with Crippen molar-refractivity contribution in [2.24, 2.45) is 0 Å². The Labute approximate surface area is 53.2 Å². The van der Waals surface area contributed by atoms with Crippen molar-refractivity contribution in [3.8, 4) is 0 Å². The van der Waals surface area contributed by atoms with E-state index in [0.29, 0.717) is 0 Å². The van der Waals surface area contributed by atoms with Gasteiger partial charge in [-0.15, -0.1) is 11.8 Å². The number of carbonyl (C=O) groups is 1. The zero-order chi connectivity index (χ0) is 5.98. The van der Waals surface area contributed by atoms with Crippen molar-refractivity contribution in [1.29, 1.82) is 0 Å². The van der Waals surface area contributed by atoms with Gasteiger partial charge in [-0.25, -0.2) is 0 Å². The molecule has 0 unspecified atom stereocenters. The number of thioether (sulfide) groups is 1. The lowest BCUT2D eigenvalue weighted by molar-refractivity contribution is -0.112. The molecule has 1 nitrogen and oxygen atoms in total. The summed E-state index contributed by atoms with van der Waals surface area (Å²) >= 11 is 1.66. The molecule has 8 heavy (non-hydrogen) atoms. The van der Waals surface area contributed by atoms with Crippen LogP contribution in [-0.4, -0.2) is 11.5 Å². The summed E-state index contributed by atoms with van der Waals surface area (Å²) in [7, 11) is 0. The first-order valence-corrected chi connectivity index (χ1v) is 3.63. The maximum atomic E-state index is 10.6. The molecule has 0 N–H and O–H groups in total. The molecule has 0 aromatic heterocycles. The normalized spacial score (nSPS) is 18.4. The van der Waals surface area contributed by atoms with Gasteiger partial charge in [-0.1, -0.05) is 6.08 Å². The summed E-state index contributed by atoms with van der Waals surface area (Å²) in [6.07, 6.45) is 3.08. The highest BCUT2D eigenvalue weighted by atomic mass is 32.2. The van der Waals surface area contributed by atoms with E-state index in [1.807, 2.05) is 6.08 Å². The SMILES string of the molecule is CC(=O)C1=CCCS1. The fourth-order valence-corrected chi connectivity index (χ4v) is 1.56. The van der Waals surface area contributed by atoms with Gasteiger partial charge in [0.05, 0.1) is 0 Å². The molecule has 1 aliphatic rings. The van der Waals surface area contributed by atoms with E-state index in [9.17, 15) is 4.79 Å². The first kappa shape index (κ1) is 5.89. The van der Waals surface area contributed by atoms with Crippen molar-refractivity contribution in [1.82, 2.24) is 0 Å². The number of rotatable bonds is 1. The Hall–Kier alpha value is -0.240. The maximum absolute atomic E-state index is 10.6. The molecule has 2 heteroatoms. The van der Waals surface area contributed by atoms with Crippen molar-refractivity contribution in [3.05, 3.63) is 11.0 Å². The maximum Gasteiger partial charge on any atom is 0.165 e. The Morgan fingerprint density at radius 2 is 2.62 bits per heavy atom. The van der Waals surface area contributed by atoms with E-state index in [4.69, 9.17) is 0 Å². The van der Waals surface area contributed by atoms with Crippen LogP contribution in [0.4, 0.5) is 0 Å². The molecule has 44 valence electrons. The number of carbonyl (C=O) groups excluding carboxylic acids is 1. The minimum Gasteiger partial charge on any atom is -0.294 e. The second-order valence-electron chi connectivity index (χ2n) is 1.76. The minimum absolute atomic E-state index is 0.215. The van der Waals surface area contributed by atoms with Gasteiger partial charge in [-0.05, 0) is 13.3 Å².